The molecule has 1 fully saturated rings. The number of aromatic nitrogens is 3. The molecule has 0 aliphatic carbocycles. The minimum Gasteiger partial charge on any atom is -0.349 e. The van der Waals surface area contributed by atoms with E-state index < -0.39 is 10.0 Å². The van der Waals surface area contributed by atoms with Crippen molar-refractivity contribution in [3.05, 3.63) is 23.5 Å². The molecule has 2 aromatic heterocycles. The van der Waals surface area contributed by atoms with Crippen LogP contribution in [0.1, 0.15) is 81.9 Å². The molecule has 3 heterocycles. The lowest BCUT2D eigenvalue weighted by Crippen LogP contribution is -2.47. The first-order chi connectivity index (χ1) is 14.1. The fourth-order valence-corrected chi connectivity index (χ4v) is 5.37. The van der Waals surface area contributed by atoms with Crippen LogP contribution in [0.4, 0.5) is 0 Å². The number of hydrogen-bond donors (Lipinski definition) is 1. The minimum atomic E-state index is -3.19. The molecule has 3 rings (SSSR count). The van der Waals surface area contributed by atoms with Gasteiger partial charge in [0.2, 0.25) is 10.0 Å². The Hall–Kier alpha value is -2.00. The second kappa shape index (κ2) is 9.01. The number of pyridine rings is 1. The molecule has 9 heteroatoms. The minimum absolute atomic E-state index is 0.0450. The van der Waals surface area contributed by atoms with E-state index in [9.17, 15) is 13.2 Å². The summed E-state index contributed by atoms with van der Waals surface area (Å²) in [6.07, 6.45) is 3.55. The first-order valence-electron chi connectivity index (χ1n) is 10.8. The highest BCUT2D eigenvalue weighted by molar-refractivity contribution is 7.89. The number of rotatable bonds is 7. The molecule has 2 aromatic rings. The van der Waals surface area contributed by atoms with Crippen LogP contribution in [0.2, 0.25) is 0 Å². The summed E-state index contributed by atoms with van der Waals surface area (Å²) in [5.41, 5.74) is 2.16. The Morgan fingerprint density at radius 3 is 2.47 bits per heavy atom. The van der Waals surface area contributed by atoms with Crippen molar-refractivity contribution in [2.24, 2.45) is 0 Å². The number of nitrogens with zero attached hydrogens (tertiary/aromatic N) is 4. The van der Waals surface area contributed by atoms with Crippen LogP contribution in [0.3, 0.4) is 0 Å². The van der Waals surface area contributed by atoms with E-state index in [1.807, 2.05) is 31.5 Å². The van der Waals surface area contributed by atoms with E-state index in [1.54, 1.807) is 10.5 Å². The van der Waals surface area contributed by atoms with Crippen LogP contribution >= 0.6 is 0 Å². The Kier molecular flexibility index (Phi) is 6.81. The maximum Gasteiger partial charge on any atom is 0.252 e. The van der Waals surface area contributed by atoms with Gasteiger partial charge in [-0.05, 0) is 45.1 Å². The Morgan fingerprint density at radius 2 is 1.90 bits per heavy atom. The smallest absolute Gasteiger partial charge is 0.252 e. The molecule has 30 heavy (non-hydrogen) atoms. The van der Waals surface area contributed by atoms with Crippen molar-refractivity contribution in [1.82, 2.24) is 24.4 Å². The van der Waals surface area contributed by atoms with Gasteiger partial charge < -0.3 is 5.32 Å². The van der Waals surface area contributed by atoms with Crippen LogP contribution in [0, 0.1) is 0 Å². The number of nitrogens with one attached hydrogen (secondary N) is 1. The summed E-state index contributed by atoms with van der Waals surface area (Å²) in [6.45, 7) is 10.9. The predicted molar refractivity (Wildman–Crippen MR) is 118 cm³/mol. The molecule has 8 nitrogen and oxygen atoms in total. The van der Waals surface area contributed by atoms with Crippen molar-refractivity contribution >= 4 is 27.0 Å². The first kappa shape index (κ1) is 22.7. The second-order valence-corrected chi connectivity index (χ2v) is 10.7. The lowest BCUT2D eigenvalue weighted by Gasteiger charge is -2.31. The fraction of sp³-hybridized carbons (Fsp3) is 0.667. The van der Waals surface area contributed by atoms with Gasteiger partial charge in [-0.1, -0.05) is 20.8 Å². The zero-order chi connectivity index (χ0) is 22.1. The number of carbonyl (C=O) groups is 1. The molecule has 166 valence electrons. The summed E-state index contributed by atoms with van der Waals surface area (Å²) in [6, 6.07) is 1.95. The molecule has 0 unspecified atom stereocenters. The van der Waals surface area contributed by atoms with Gasteiger partial charge in [0.05, 0.1) is 22.9 Å². The van der Waals surface area contributed by atoms with Crippen molar-refractivity contribution in [2.75, 3.05) is 18.8 Å². The molecule has 1 amide bonds. The summed E-state index contributed by atoms with van der Waals surface area (Å²) < 4.78 is 27.9. The van der Waals surface area contributed by atoms with Gasteiger partial charge in [-0.3, -0.25) is 4.79 Å². The van der Waals surface area contributed by atoms with E-state index in [0.717, 1.165) is 16.7 Å². The lowest BCUT2D eigenvalue weighted by molar-refractivity contribution is 0.0925. The third-order valence-electron chi connectivity index (χ3n) is 5.56. The summed E-state index contributed by atoms with van der Waals surface area (Å²) >= 11 is 0. The SMILES string of the molecule is CCCS(=O)(=O)N1CCC(NC(=O)c2cc(C(C)C)nc3c2cnn3C(C)C)CC1. The number of hydrogen-bond acceptors (Lipinski definition) is 5. The van der Waals surface area contributed by atoms with Gasteiger partial charge in [-0.25, -0.2) is 22.4 Å². The maximum atomic E-state index is 13.2. The van der Waals surface area contributed by atoms with Gasteiger partial charge in [-0.2, -0.15) is 5.10 Å². The first-order valence-corrected chi connectivity index (χ1v) is 12.4. The molecule has 0 radical (unpaired) electrons. The monoisotopic (exact) mass is 435 g/mol. The Balaban J connectivity index is 1.79. The van der Waals surface area contributed by atoms with Crippen molar-refractivity contribution in [3.8, 4) is 0 Å². The molecule has 0 spiro atoms. The summed E-state index contributed by atoms with van der Waals surface area (Å²) in [4.78, 5) is 17.9. The molecule has 0 bridgehead atoms. The van der Waals surface area contributed by atoms with Crippen LogP contribution < -0.4 is 5.32 Å². The van der Waals surface area contributed by atoms with E-state index >= 15 is 0 Å². The topological polar surface area (TPSA) is 97.2 Å². The molecule has 0 atom stereocenters. The van der Waals surface area contributed by atoms with Crippen LogP contribution in [0.15, 0.2) is 12.3 Å². The molecule has 1 saturated heterocycles. The Morgan fingerprint density at radius 1 is 1.23 bits per heavy atom. The highest BCUT2D eigenvalue weighted by Crippen LogP contribution is 2.25. The quantitative estimate of drug-likeness (QED) is 0.721. The lowest BCUT2D eigenvalue weighted by atomic mass is 10.0. The molecule has 1 aliphatic rings. The number of carbonyl (C=O) groups excluding carboxylic acids is 1. The van der Waals surface area contributed by atoms with Gasteiger partial charge in [0.1, 0.15) is 0 Å². The zero-order valence-corrected chi connectivity index (χ0v) is 19.4. The van der Waals surface area contributed by atoms with Crippen LogP contribution in [-0.2, 0) is 10.0 Å². The standard InChI is InChI=1S/C21H33N5O3S/c1-6-11-30(28,29)25-9-7-16(8-10-25)23-21(27)17-12-19(14(2)3)24-20-18(17)13-22-26(20)15(4)5/h12-16H,6-11H2,1-5H3,(H,23,27). The van der Waals surface area contributed by atoms with Crippen LogP contribution in [0.25, 0.3) is 11.0 Å². The number of sulfonamides is 1. The average Bonchev–Trinajstić information content (AvgIpc) is 3.11. The highest BCUT2D eigenvalue weighted by atomic mass is 32.2. The van der Waals surface area contributed by atoms with Crippen molar-refractivity contribution < 1.29 is 13.2 Å². The van der Waals surface area contributed by atoms with E-state index in [4.69, 9.17) is 4.98 Å². The molecule has 0 saturated carbocycles. The average molecular weight is 436 g/mol. The second-order valence-electron chi connectivity index (χ2n) is 8.63. The molecule has 1 N–H and O–H groups in total. The van der Waals surface area contributed by atoms with Crippen molar-refractivity contribution in [1.29, 1.82) is 0 Å². The fourth-order valence-electron chi connectivity index (χ4n) is 3.83. The number of piperidine rings is 1. The molecule has 0 aromatic carbocycles. The van der Waals surface area contributed by atoms with Gasteiger partial charge >= 0.3 is 0 Å². The van der Waals surface area contributed by atoms with Gasteiger partial charge in [0.15, 0.2) is 5.65 Å². The van der Waals surface area contributed by atoms with Gasteiger partial charge in [-0.15, -0.1) is 0 Å². The third kappa shape index (κ3) is 4.67. The van der Waals surface area contributed by atoms with Crippen molar-refractivity contribution in [2.45, 2.75) is 71.9 Å². The predicted octanol–water partition coefficient (Wildman–Crippen LogP) is 3.07. The van der Waals surface area contributed by atoms with Crippen LogP contribution in [0.5, 0.6) is 0 Å². The number of fused-ring (bicyclic) bond motifs is 1. The van der Waals surface area contributed by atoms with Gasteiger partial charge in [0, 0.05) is 30.9 Å². The van der Waals surface area contributed by atoms with E-state index in [0.29, 0.717) is 37.9 Å². The number of amides is 1. The zero-order valence-electron chi connectivity index (χ0n) is 18.6. The molecular formula is C21H33N5O3S. The van der Waals surface area contributed by atoms with E-state index in [2.05, 4.69) is 24.3 Å². The molecule has 1 aliphatic heterocycles. The molecular weight excluding hydrogens is 402 g/mol. The maximum absolute atomic E-state index is 13.2. The van der Waals surface area contributed by atoms with E-state index in [-0.39, 0.29) is 29.7 Å². The van der Waals surface area contributed by atoms with Gasteiger partial charge in [0.25, 0.3) is 5.91 Å². The largest absolute Gasteiger partial charge is 0.349 e. The van der Waals surface area contributed by atoms with Crippen LogP contribution in [-0.4, -0.2) is 58.3 Å². The Labute approximate surface area is 179 Å². The summed E-state index contributed by atoms with van der Waals surface area (Å²) in [5, 5.41) is 8.30. The third-order valence-corrected chi connectivity index (χ3v) is 7.63. The highest BCUT2D eigenvalue weighted by Gasteiger charge is 2.29. The Bertz CT molecular complexity index is 1010. The summed E-state index contributed by atoms with van der Waals surface area (Å²) in [7, 11) is -3.19. The van der Waals surface area contributed by atoms with E-state index in [1.165, 1.54) is 0 Å². The normalized spacial score (nSPS) is 16.6. The van der Waals surface area contributed by atoms with Crippen molar-refractivity contribution in [3.63, 3.8) is 0 Å². The summed E-state index contributed by atoms with van der Waals surface area (Å²) in [5.74, 6) is 0.211.